The molecule has 0 atom stereocenters. The SMILES string of the molecule is O=C(O)c1cccc2c1OCCN2C(=O)CC1CCC1. The summed E-state index contributed by atoms with van der Waals surface area (Å²) < 4.78 is 5.47. The van der Waals surface area contributed by atoms with Crippen LogP contribution < -0.4 is 9.64 Å². The van der Waals surface area contributed by atoms with Gasteiger partial charge in [0.25, 0.3) is 0 Å². The van der Waals surface area contributed by atoms with Crippen molar-refractivity contribution in [2.45, 2.75) is 25.7 Å². The zero-order chi connectivity index (χ0) is 14.1. The summed E-state index contributed by atoms with van der Waals surface area (Å²) in [5.41, 5.74) is 0.698. The quantitative estimate of drug-likeness (QED) is 0.919. The highest BCUT2D eigenvalue weighted by molar-refractivity contribution is 6.00. The Labute approximate surface area is 117 Å². The molecule has 20 heavy (non-hydrogen) atoms. The van der Waals surface area contributed by atoms with E-state index in [-0.39, 0.29) is 11.5 Å². The Bertz CT molecular complexity index is 551. The number of benzene rings is 1. The lowest BCUT2D eigenvalue weighted by molar-refractivity contribution is -0.120. The normalized spacial score (nSPS) is 17.9. The number of carboxylic acid groups (broad SMARTS) is 1. The number of anilines is 1. The van der Waals surface area contributed by atoms with Gasteiger partial charge in [-0.3, -0.25) is 4.79 Å². The summed E-state index contributed by atoms with van der Waals surface area (Å²) in [7, 11) is 0. The minimum absolute atomic E-state index is 0.0711. The number of carbonyl (C=O) groups excluding carboxylic acids is 1. The van der Waals surface area contributed by atoms with E-state index in [0.717, 1.165) is 12.8 Å². The van der Waals surface area contributed by atoms with Crippen molar-refractivity contribution in [1.82, 2.24) is 0 Å². The van der Waals surface area contributed by atoms with Crippen molar-refractivity contribution in [3.05, 3.63) is 23.8 Å². The third-order valence-corrected chi connectivity index (χ3v) is 4.07. The Morgan fingerprint density at radius 2 is 2.15 bits per heavy atom. The average molecular weight is 275 g/mol. The zero-order valence-corrected chi connectivity index (χ0v) is 11.2. The first kappa shape index (κ1) is 13.0. The van der Waals surface area contributed by atoms with Gasteiger partial charge in [0.1, 0.15) is 12.2 Å². The van der Waals surface area contributed by atoms with Crippen molar-refractivity contribution >= 4 is 17.6 Å². The number of rotatable bonds is 3. The molecule has 1 aliphatic carbocycles. The lowest BCUT2D eigenvalue weighted by Crippen LogP contribution is -2.39. The molecule has 1 amide bonds. The van der Waals surface area contributed by atoms with Crippen molar-refractivity contribution in [1.29, 1.82) is 0 Å². The van der Waals surface area contributed by atoms with Crippen LogP contribution in [0.25, 0.3) is 0 Å². The van der Waals surface area contributed by atoms with Crippen LogP contribution in [0, 0.1) is 5.92 Å². The number of hydrogen-bond donors (Lipinski definition) is 1. The molecule has 0 bridgehead atoms. The molecule has 1 N–H and O–H groups in total. The van der Waals surface area contributed by atoms with E-state index in [0.29, 0.717) is 36.9 Å². The van der Waals surface area contributed by atoms with Gasteiger partial charge in [-0.1, -0.05) is 12.5 Å². The Kier molecular flexibility index (Phi) is 3.34. The summed E-state index contributed by atoms with van der Waals surface area (Å²) in [6, 6.07) is 4.90. The van der Waals surface area contributed by atoms with Gasteiger partial charge in [0.05, 0.1) is 12.2 Å². The second-order valence-corrected chi connectivity index (χ2v) is 5.35. The molecule has 1 aromatic carbocycles. The number of fused-ring (bicyclic) bond motifs is 1. The maximum absolute atomic E-state index is 12.4. The molecule has 106 valence electrons. The van der Waals surface area contributed by atoms with Crippen molar-refractivity contribution in [2.75, 3.05) is 18.1 Å². The molecule has 0 radical (unpaired) electrons. The lowest BCUT2D eigenvalue weighted by Gasteiger charge is -2.33. The van der Waals surface area contributed by atoms with Gasteiger partial charge >= 0.3 is 5.97 Å². The van der Waals surface area contributed by atoms with Crippen molar-refractivity contribution in [2.24, 2.45) is 5.92 Å². The number of carboxylic acids is 1. The number of carbonyl (C=O) groups is 2. The smallest absolute Gasteiger partial charge is 0.339 e. The molecular formula is C15H17NO4. The molecule has 5 heteroatoms. The molecule has 1 saturated carbocycles. The van der Waals surface area contributed by atoms with Gasteiger partial charge < -0.3 is 14.7 Å². The van der Waals surface area contributed by atoms with Crippen LogP contribution in [-0.4, -0.2) is 30.1 Å². The van der Waals surface area contributed by atoms with E-state index in [1.54, 1.807) is 17.0 Å². The number of amides is 1. The van der Waals surface area contributed by atoms with E-state index in [1.165, 1.54) is 12.5 Å². The summed E-state index contributed by atoms with van der Waals surface area (Å²) >= 11 is 0. The van der Waals surface area contributed by atoms with Crippen LogP contribution in [-0.2, 0) is 4.79 Å². The third kappa shape index (κ3) is 2.24. The van der Waals surface area contributed by atoms with Gasteiger partial charge in [0, 0.05) is 6.42 Å². The Hall–Kier alpha value is -2.04. The second kappa shape index (κ2) is 5.15. The van der Waals surface area contributed by atoms with E-state index in [9.17, 15) is 14.7 Å². The minimum Gasteiger partial charge on any atom is -0.489 e. The van der Waals surface area contributed by atoms with Gasteiger partial charge in [0.15, 0.2) is 5.75 Å². The summed E-state index contributed by atoms with van der Waals surface area (Å²) in [5.74, 6) is -0.151. The van der Waals surface area contributed by atoms with Gasteiger partial charge in [-0.2, -0.15) is 0 Å². The first-order valence-corrected chi connectivity index (χ1v) is 6.96. The molecule has 1 fully saturated rings. The molecule has 0 spiro atoms. The fourth-order valence-electron chi connectivity index (χ4n) is 2.73. The second-order valence-electron chi connectivity index (χ2n) is 5.35. The molecule has 0 aromatic heterocycles. The Morgan fingerprint density at radius 3 is 2.80 bits per heavy atom. The van der Waals surface area contributed by atoms with Crippen LogP contribution in [0.3, 0.4) is 0 Å². The van der Waals surface area contributed by atoms with E-state index >= 15 is 0 Å². The zero-order valence-electron chi connectivity index (χ0n) is 11.2. The number of hydrogen-bond acceptors (Lipinski definition) is 3. The first-order chi connectivity index (χ1) is 9.66. The summed E-state index contributed by atoms with van der Waals surface area (Å²) in [6.45, 7) is 0.829. The average Bonchev–Trinajstić information content (AvgIpc) is 2.41. The number of nitrogens with zero attached hydrogens (tertiary/aromatic N) is 1. The van der Waals surface area contributed by atoms with Crippen LogP contribution in [0.2, 0.25) is 0 Å². The molecule has 3 rings (SSSR count). The Morgan fingerprint density at radius 1 is 1.35 bits per heavy atom. The van der Waals surface area contributed by atoms with Crippen LogP contribution >= 0.6 is 0 Å². The van der Waals surface area contributed by atoms with Crippen molar-refractivity contribution < 1.29 is 19.4 Å². The summed E-state index contributed by atoms with van der Waals surface area (Å²) in [6.07, 6.45) is 4.01. The highest BCUT2D eigenvalue weighted by Gasteiger charge is 2.30. The number of para-hydroxylation sites is 1. The maximum Gasteiger partial charge on any atom is 0.339 e. The molecule has 5 nitrogen and oxygen atoms in total. The topological polar surface area (TPSA) is 66.8 Å². The third-order valence-electron chi connectivity index (χ3n) is 4.07. The summed E-state index contributed by atoms with van der Waals surface area (Å²) in [5, 5.41) is 9.17. The first-order valence-electron chi connectivity index (χ1n) is 6.96. The predicted molar refractivity (Wildman–Crippen MR) is 73.2 cm³/mol. The molecule has 1 aliphatic heterocycles. The fourth-order valence-corrected chi connectivity index (χ4v) is 2.73. The minimum atomic E-state index is -1.03. The highest BCUT2D eigenvalue weighted by Crippen LogP contribution is 2.37. The lowest BCUT2D eigenvalue weighted by atomic mass is 9.82. The standard InChI is InChI=1S/C15H17NO4/c17-13(9-10-3-1-4-10)16-7-8-20-14-11(15(18)19)5-2-6-12(14)16/h2,5-6,10H,1,3-4,7-9H2,(H,18,19). The number of ether oxygens (including phenoxy) is 1. The Balaban J connectivity index is 1.87. The van der Waals surface area contributed by atoms with E-state index in [2.05, 4.69) is 0 Å². The molecule has 0 saturated heterocycles. The molecule has 1 heterocycles. The van der Waals surface area contributed by atoms with Crippen LogP contribution in [0.15, 0.2) is 18.2 Å². The molecule has 0 unspecified atom stereocenters. The van der Waals surface area contributed by atoms with Crippen molar-refractivity contribution in [3.63, 3.8) is 0 Å². The fraction of sp³-hybridized carbons (Fsp3) is 0.467. The predicted octanol–water partition coefficient (Wildman–Crippen LogP) is 2.30. The van der Waals surface area contributed by atoms with E-state index in [1.807, 2.05) is 0 Å². The van der Waals surface area contributed by atoms with Gasteiger partial charge in [-0.15, -0.1) is 0 Å². The van der Waals surface area contributed by atoms with Gasteiger partial charge in [-0.05, 0) is 30.9 Å². The maximum atomic E-state index is 12.4. The molecule has 1 aromatic rings. The van der Waals surface area contributed by atoms with Crippen molar-refractivity contribution in [3.8, 4) is 5.75 Å². The van der Waals surface area contributed by atoms with E-state index < -0.39 is 5.97 Å². The van der Waals surface area contributed by atoms with Crippen LogP contribution in [0.5, 0.6) is 5.75 Å². The molecular weight excluding hydrogens is 258 g/mol. The summed E-state index contributed by atoms with van der Waals surface area (Å²) in [4.78, 5) is 25.2. The molecule has 2 aliphatic rings. The monoisotopic (exact) mass is 275 g/mol. The van der Waals surface area contributed by atoms with Gasteiger partial charge in [0.2, 0.25) is 5.91 Å². The highest BCUT2D eigenvalue weighted by atomic mass is 16.5. The number of aromatic carboxylic acids is 1. The van der Waals surface area contributed by atoms with E-state index in [4.69, 9.17) is 4.74 Å². The largest absolute Gasteiger partial charge is 0.489 e. The van der Waals surface area contributed by atoms with Crippen LogP contribution in [0.1, 0.15) is 36.0 Å². The van der Waals surface area contributed by atoms with Gasteiger partial charge in [-0.25, -0.2) is 4.79 Å². The van der Waals surface area contributed by atoms with Crippen LogP contribution in [0.4, 0.5) is 5.69 Å².